The Morgan fingerprint density at radius 2 is 2.12 bits per heavy atom. The average molecular weight is 377 g/mol. The first-order valence-corrected chi connectivity index (χ1v) is 10.7. The molecule has 5 nitrogen and oxygen atoms in total. The van der Waals surface area contributed by atoms with Gasteiger partial charge in [0.15, 0.2) is 5.96 Å². The molecule has 2 heterocycles. The second kappa shape index (κ2) is 8.89. The van der Waals surface area contributed by atoms with E-state index in [1.54, 1.807) is 30.3 Å². The lowest BCUT2D eigenvalue weighted by atomic mass is 9.73. The minimum Gasteiger partial charge on any atom is -0.356 e. The number of guanidine groups is 1. The Morgan fingerprint density at radius 1 is 1.31 bits per heavy atom. The molecule has 1 aromatic heterocycles. The number of carbonyl (C=O) groups is 1. The van der Waals surface area contributed by atoms with Crippen LogP contribution < -0.4 is 5.32 Å². The van der Waals surface area contributed by atoms with Crippen molar-refractivity contribution < 1.29 is 4.79 Å². The summed E-state index contributed by atoms with van der Waals surface area (Å²) in [6.07, 6.45) is 9.08. The number of likely N-dealkylation sites (tertiary alicyclic amines) is 1. The normalized spacial score (nSPS) is 19.8. The molecular formula is C20H32N4OS. The van der Waals surface area contributed by atoms with Crippen LogP contribution in [0.1, 0.15) is 43.4 Å². The molecule has 1 aromatic rings. The number of nitrogens with zero attached hydrogens (tertiary/aromatic N) is 3. The molecule has 0 aromatic carbocycles. The van der Waals surface area contributed by atoms with E-state index in [0.717, 1.165) is 32.0 Å². The predicted molar refractivity (Wildman–Crippen MR) is 109 cm³/mol. The number of hydrogen-bond acceptors (Lipinski definition) is 3. The smallest absolute Gasteiger partial charge is 0.243 e. The first kappa shape index (κ1) is 19.2. The Bertz CT molecular complexity index is 605. The van der Waals surface area contributed by atoms with Crippen molar-refractivity contribution in [3.05, 3.63) is 22.4 Å². The van der Waals surface area contributed by atoms with Crippen LogP contribution in [0.4, 0.5) is 0 Å². The Balaban J connectivity index is 1.62. The lowest BCUT2D eigenvalue weighted by Gasteiger charge is -2.33. The molecule has 144 valence electrons. The molecule has 0 unspecified atom stereocenters. The third-order valence-corrected chi connectivity index (χ3v) is 6.69. The first-order chi connectivity index (χ1) is 12.6. The van der Waals surface area contributed by atoms with E-state index in [1.807, 2.05) is 0 Å². The van der Waals surface area contributed by atoms with Gasteiger partial charge in [0.2, 0.25) is 5.91 Å². The fraction of sp³-hybridized carbons (Fsp3) is 0.700. The van der Waals surface area contributed by atoms with E-state index in [-0.39, 0.29) is 12.5 Å². The average Bonchev–Trinajstić information content (AvgIpc) is 3.29. The number of rotatable bonds is 5. The number of likely N-dealkylation sites (N-methyl/N-ethyl adjacent to an activating group) is 1. The van der Waals surface area contributed by atoms with E-state index in [4.69, 9.17) is 0 Å². The third kappa shape index (κ3) is 5.00. The monoisotopic (exact) mass is 376 g/mol. The van der Waals surface area contributed by atoms with Crippen molar-refractivity contribution >= 4 is 23.2 Å². The number of hydrogen-bond donors (Lipinski definition) is 1. The minimum atomic E-state index is 0.0501. The molecule has 0 atom stereocenters. The van der Waals surface area contributed by atoms with E-state index in [0.29, 0.717) is 5.41 Å². The number of nitrogens with one attached hydrogen (secondary N) is 1. The molecule has 1 aliphatic carbocycles. The van der Waals surface area contributed by atoms with E-state index in [9.17, 15) is 4.79 Å². The summed E-state index contributed by atoms with van der Waals surface area (Å²) in [6.45, 7) is 3.23. The zero-order chi connectivity index (χ0) is 18.4. The fourth-order valence-electron chi connectivity index (χ4n) is 4.13. The number of aliphatic imine (C=N–C) groups is 1. The summed E-state index contributed by atoms with van der Waals surface area (Å²) in [6, 6.07) is 4.27. The zero-order valence-corrected chi connectivity index (χ0v) is 17.0. The van der Waals surface area contributed by atoms with Crippen LogP contribution in [0.25, 0.3) is 0 Å². The molecule has 0 radical (unpaired) electrons. The molecule has 1 amide bonds. The van der Waals surface area contributed by atoms with Crippen molar-refractivity contribution in [3.63, 3.8) is 0 Å². The summed E-state index contributed by atoms with van der Waals surface area (Å²) in [5.41, 5.74) is 0.486. The fourth-order valence-corrected chi connectivity index (χ4v) is 4.84. The number of carbonyl (C=O) groups excluding carboxylic acids is 1. The van der Waals surface area contributed by atoms with Crippen molar-refractivity contribution in [1.82, 2.24) is 15.1 Å². The van der Waals surface area contributed by atoms with E-state index < -0.39 is 0 Å². The molecule has 2 fully saturated rings. The van der Waals surface area contributed by atoms with Crippen LogP contribution in [0.3, 0.4) is 0 Å². The van der Waals surface area contributed by atoms with Gasteiger partial charge >= 0.3 is 0 Å². The van der Waals surface area contributed by atoms with Crippen LogP contribution in [0.2, 0.25) is 0 Å². The van der Waals surface area contributed by atoms with Gasteiger partial charge in [0, 0.05) is 38.6 Å². The maximum atomic E-state index is 12.0. The van der Waals surface area contributed by atoms with Crippen molar-refractivity contribution in [2.45, 2.75) is 44.9 Å². The topological polar surface area (TPSA) is 47.9 Å². The number of amides is 1. The highest BCUT2D eigenvalue weighted by molar-refractivity contribution is 7.09. The summed E-state index contributed by atoms with van der Waals surface area (Å²) in [5, 5.41) is 5.65. The molecule has 1 saturated carbocycles. The van der Waals surface area contributed by atoms with Crippen molar-refractivity contribution in [2.24, 2.45) is 10.4 Å². The molecule has 6 heteroatoms. The molecule has 3 rings (SSSR count). The summed E-state index contributed by atoms with van der Waals surface area (Å²) in [5.74, 6) is 0.966. The summed E-state index contributed by atoms with van der Waals surface area (Å²) >= 11 is 1.79. The maximum absolute atomic E-state index is 12.0. The minimum absolute atomic E-state index is 0.0501. The van der Waals surface area contributed by atoms with E-state index in [2.05, 4.69) is 32.7 Å². The van der Waals surface area contributed by atoms with Crippen LogP contribution in [-0.2, 0) is 11.2 Å². The van der Waals surface area contributed by atoms with Gasteiger partial charge in [-0.15, -0.1) is 11.3 Å². The van der Waals surface area contributed by atoms with Gasteiger partial charge in [0.05, 0.1) is 0 Å². The molecule has 1 spiro atoms. The quantitative estimate of drug-likeness (QED) is 0.635. The SMILES string of the molecule is CN(C)C(=O)CN=C(NCCc1cccs1)N1CCC2(CCCCC2)C1. The van der Waals surface area contributed by atoms with Gasteiger partial charge in [-0.1, -0.05) is 25.3 Å². The van der Waals surface area contributed by atoms with Crippen molar-refractivity contribution in [1.29, 1.82) is 0 Å². The highest BCUT2D eigenvalue weighted by atomic mass is 32.1. The highest BCUT2D eigenvalue weighted by Gasteiger charge is 2.39. The van der Waals surface area contributed by atoms with Gasteiger partial charge in [-0.2, -0.15) is 0 Å². The van der Waals surface area contributed by atoms with E-state index >= 15 is 0 Å². The van der Waals surface area contributed by atoms with Gasteiger partial charge in [-0.25, -0.2) is 4.99 Å². The van der Waals surface area contributed by atoms with Gasteiger partial charge in [0.1, 0.15) is 6.54 Å². The predicted octanol–water partition coefficient (Wildman–Crippen LogP) is 2.98. The van der Waals surface area contributed by atoms with Gasteiger partial charge in [-0.05, 0) is 42.5 Å². The van der Waals surface area contributed by atoms with Gasteiger partial charge < -0.3 is 15.1 Å². The van der Waals surface area contributed by atoms with Crippen molar-refractivity contribution in [2.75, 3.05) is 40.3 Å². The lowest BCUT2D eigenvalue weighted by molar-refractivity contribution is -0.127. The largest absolute Gasteiger partial charge is 0.356 e. The lowest BCUT2D eigenvalue weighted by Crippen LogP contribution is -2.43. The van der Waals surface area contributed by atoms with Crippen LogP contribution in [-0.4, -0.2) is 61.9 Å². The summed E-state index contributed by atoms with van der Waals surface area (Å²) < 4.78 is 0. The van der Waals surface area contributed by atoms with Gasteiger partial charge in [0.25, 0.3) is 0 Å². The van der Waals surface area contributed by atoms with Gasteiger partial charge in [-0.3, -0.25) is 4.79 Å². The van der Waals surface area contributed by atoms with Crippen LogP contribution >= 0.6 is 11.3 Å². The molecule has 0 bridgehead atoms. The molecule has 1 saturated heterocycles. The highest BCUT2D eigenvalue weighted by Crippen LogP contribution is 2.43. The van der Waals surface area contributed by atoms with Crippen molar-refractivity contribution in [3.8, 4) is 0 Å². The molecule has 26 heavy (non-hydrogen) atoms. The molecule has 1 aliphatic heterocycles. The second-order valence-electron chi connectivity index (χ2n) is 7.92. The number of thiophene rings is 1. The Hall–Kier alpha value is -1.56. The van der Waals surface area contributed by atoms with Crippen LogP contribution in [0.15, 0.2) is 22.5 Å². The zero-order valence-electron chi connectivity index (χ0n) is 16.2. The summed E-state index contributed by atoms with van der Waals surface area (Å²) in [4.78, 5) is 22.0. The molecule has 1 N–H and O–H groups in total. The van der Waals surface area contributed by atoms with Crippen LogP contribution in [0, 0.1) is 5.41 Å². The Labute approximate surface area is 161 Å². The summed E-state index contributed by atoms with van der Waals surface area (Å²) in [7, 11) is 3.57. The standard InChI is InChI=1S/C20H32N4OS/c1-23(2)18(25)15-22-19(21-12-8-17-7-6-14-26-17)24-13-11-20(16-24)9-4-3-5-10-20/h6-7,14H,3-5,8-13,15-16H2,1-2H3,(H,21,22). The third-order valence-electron chi connectivity index (χ3n) is 5.75. The molecule has 2 aliphatic rings. The Morgan fingerprint density at radius 3 is 2.81 bits per heavy atom. The van der Waals surface area contributed by atoms with Crippen LogP contribution in [0.5, 0.6) is 0 Å². The maximum Gasteiger partial charge on any atom is 0.243 e. The molecular weight excluding hydrogens is 344 g/mol. The second-order valence-corrected chi connectivity index (χ2v) is 8.95. The Kier molecular flexibility index (Phi) is 6.57. The van der Waals surface area contributed by atoms with E-state index in [1.165, 1.54) is 43.4 Å². The first-order valence-electron chi connectivity index (χ1n) is 9.84.